The molecule has 0 amide bonds. The number of hydrogen-bond acceptors (Lipinski definition) is 2. The second kappa shape index (κ2) is 5.96. The molecule has 0 fully saturated rings. The first-order chi connectivity index (χ1) is 7.19. The summed E-state index contributed by atoms with van der Waals surface area (Å²) in [4.78, 5) is 13.1. The third-order valence-corrected chi connectivity index (χ3v) is 3.43. The summed E-state index contributed by atoms with van der Waals surface area (Å²) < 4.78 is 0. The van der Waals surface area contributed by atoms with Crippen molar-refractivity contribution in [3.8, 4) is 0 Å². The number of ketones is 1. The van der Waals surface area contributed by atoms with Crippen LogP contribution in [0.25, 0.3) is 0 Å². The molecule has 0 aliphatic heterocycles. The fraction of sp³-hybridized carbons (Fsp3) is 0.462. The average molecular weight is 222 g/mol. The van der Waals surface area contributed by atoms with E-state index in [1.807, 2.05) is 30.5 Å². The zero-order valence-electron chi connectivity index (χ0n) is 9.62. The van der Waals surface area contributed by atoms with Crippen LogP contribution >= 0.6 is 11.8 Å². The molecule has 82 valence electrons. The Labute approximate surface area is 96.3 Å². The predicted molar refractivity (Wildman–Crippen MR) is 66.6 cm³/mol. The van der Waals surface area contributed by atoms with Crippen LogP contribution in [0.15, 0.2) is 29.2 Å². The monoisotopic (exact) mass is 222 g/mol. The molecule has 0 radical (unpaired) electrons. The lowest BCUT2D eigenvalue weighted by atomic mass is 9.98. The van der Waals surface area contributed by atoms with Gasteiger partial charge in [-0.15, -0.1) is 11.8 Å². The number of hydrogen-bond donors (Lipinski definition) is 0. The molecule has 1 aromatic carbocycles. The molecule has 1 nitrogen and oxygen atoms in total. The van der Waals surface area contributed by atoms with Gasteiger partial charge in [0.2, 0.25) is 0 Å². The molecule has 0 aliphatic rings. The number of benzene rings is 1. The molecule has 15 heavy (non-hydrogen) atoms. The lowest BCUT2D eigenvalue weighted by molar-refractivity contribution is 0.0961. The van der Waals surface area contributed by atoms with Gasteiger partial charge in [-0.25, -0.2) is 0 Å². The van der Waals surface area contributed by atoms with E-state index in [1.165, 1.54) is 0 Å². The second-order valence-electron chi connectivity index (χ2n) is 3.84. The summed E-state index contributed by atoms with van der Waals surface area (Å²) in [6, 6.07) is 7.85. The van der Waals surface area contributed by atoms with E-state index in [0.29, 0.717) is 12.3 Å². The molecule has 2 heteroatoms. The van der Waals surface area contributed by atoms with Crippen molar-refractivity contribution in [2.75, 3.05) is 6.26 Å². The number of rotatable bonds is 5. The van der Waals surface area contributed by atoms with Crippen LogP contribution in [0.5, 0.6) is 0 Å². The minimum atomic E-state index is 0.273. The Balaban J connectivity index is 2.81. The molecule has 1 atom stereocenters. The summed E-state index contributed by atoms with van der Waals surface area (Å²) in [5.41, 5.74) is 0.880. The highest BCUT2D eigenvalue weighted by atomic mass is 32.2. The number of carbonyl (C=O) groups is 1. The summed E-state index contributed by atoms with van der Waals surface area (Å²) in [5, 5.41) is 0. The topological polar surface area (TPSA) is 17.1 Å². The van der Waals surface area contributed by atoms with E-state index in [1.54, 1.807) is 11.8 Å². The van der Waals surface area contributed by atoms with Crippen molar-refractivity contribution in [1.29, 1.82) is 0 Å². The molecule has 0 N–H and O–H groups in total. The van der Waals surface area contributed by atoms with Gasteiger partial charge in [0, 0.05) is 16.9 Å². The quantitative estimate of drug-likeness (QED) is 0.552. The summed E-state index contributed by atoms with van der Waals surface area (Å²) in [7, 11) is 0. The van der Waals surface area contributed by atoms with Crippen molar-refractivity contribution in [3.63, 3.8) is 0 Å². The highest BCUT2D eigenvalue weighted by Gasteiger charge is 2.12. The van der Waals surface area contributed by atoms with E-state index >= 15 is 0 Å². The van der Waals surface area contributed by atoms with Crippen LogP contribution in [0.2, 0.25) is 0 Å². The van der Waals surface area contributed by atoms with Gasteiger partial charge in [-0.2, -0.15) is 0 Å². The van der Waals surface area contributed by atoms with E-state index in [4.69, 9.17) is 0 Å². The summed E-state index contributed by atoms with van der Waals surface area (Å²) >= 11 is 1.64. The fourth-order valence-electron chi connectivity index (χ4n) is 1.45. The molecule has 0 heterocycles. The molecule has 0 saturated carbocycles. The van der Waals surface area contributed by atoms with Gasteiger partial charge < -0.3 is 0 Å². The normalized spacial score (nSPS) is 12.5. The van der Waals surface area contributed by atoms with Crippen molar-refractivity contribution in [2.45, 2.75) is 31.6 Å². The van der Waals surface area contributed by atoms with Gasteiger partial charge in [0.15, 0.2) is 5.78 Å². The van der Waals surface area contributed by atoms with Crippen LogP contribution in [0, 0.1) is 5.92 Å². The molecular formula is C13H18OS. The SMILES string of the molecule is CCC(C)CC(=O)c1ccccc1SC. The van der Waals surface area contributed by atoms with Crippen LogP contribution in [0.1, 0.15) is 37.0 Å². The number of carbonyl (C=O) groups excluding carboxylic acids is 1. The Morgan fingerprint density at radius 1 is 1.40 bits per heavy atom. The van der Waals surface area contributed by atoms with Crippen LogP contribution in [-0.4, -0.2) is 12.0 Å². The first-order valence-corrected chi connectivity index (χ1v) is 6.57. The maximum atomic E-state index is 12.0. The van der Waals surface area contributed by atoms with Crippen LogP contribution in [-0.2, 0) is 0 Å². The maximum absolute atomic E-state index is 12.0. The van der Waals surface area contributed by atoms with Gasteiger partial charge in [0.1, 0.15) is 0 Å². The molecular weight excluding hydrogens is 204 g/mol. The zero-order valence-corrected chi connectivity index (χ0v) is 10.4. The molecule has 0 aliphatic carbocycles. The predicted octanol–water partition coefficient (Wildman–Crippen LogP) is 4.03. The van der Waals surface area contributed by atoms with Crippen LogP contribution < -0.4 is 0 Å². The smallest absolute Gasteiger partial charge is 0.164 e. The largest absolute Gasteiger partial charge is 0.294 e. The van der Waals surface area contributed by atoms with Crippen molar-refractivity contribution in [3.05, 3.63) is 29.8 Å². The van der Waals surface area contributed by atoms with Crippen molar-refractivity contribution in [2.24, 2.45) is 5.92 Å². The van der Waals surface area contributed by atoms with E-state index in [9.17, 15) is 4.79 Å². The Kier molecular flexibility index (Phi) is 4.89. The summed E-state index contributed by atoms with van der Waals surface area (Å²) in [6.45, 7) is 4.25. The van der Waals surface area contributed by atoms with E-state index in [2.05, 4.69) is 13.8 Å². The Morgan fingerprint density at radius 2 is 2.07 bits per heavy atom. The highest BCUT2D eigenvalue weighted by molar-refractivity contribution is 7.98. The molecule has 0 aromatic heterocycles. The Morgan fingerprint density at radius 3 is 2.67 bits per heavy atom. The maximum Gasteiger partial charge on any atom is 0.164 e. The first-order valence-electron chi connectivity index (χ1n) is 5.35. The Bertz CT molecular complexity index is 333. The fourth-order valence-corrected chi connectivity index (χ4v) is 2.06. The molecule has 0 bridgehead atoms. The van der Waals surface area contributed by atoms with Crippen molar-refractivity contribution < 1.29 is 4.79 Å². The van der Waals surface area contributed by atoms with Crippen molar-refractivity contribution >= 4 is 17.5 Å². The van der Waals surface area contributed by atoms with Gasteiger partial charge in [-0.3, -0.25) is 4.79 Å². The van der Waals surface area contributed by atoms with E-state index in [0.717, 1.165) is 16.9 Å². The Hall–Kier alpha value is -0.760. The van der Waals surface area contributed by atoms with Gasteiger partial charge in [-0.1, -0.05) is 38.5 Å². The summed E-state index contributed by atoms with van der Waals surface area (Å²) in [5.74, 6) is 0.752. The minimum absolute atomic E-state index is 0.273. The third kappa shape index (κ3) is 3.38. The lowest BCUT2D eigenvalue weighted by Gasteiger charge is -2.09. The number of thioether (sulfide) groups is 1. The molecule has 1 unspecified atom stereocenters. The molecule has 1 rings (SSSR count). The van der Waals surface area contributed by atoms with E-state index < -0.39 is 0 Å². The van der Waals surface area contributed by atoms with Crippen LogP contribution in [0.4, 0.5) is 0 Å². The van der Waals surface area contributed by atoms with Gasteiger partial charge >= 0.3 is 0 Å². The van der Waals surface area contributed by atoms with Crippen molar-refractivity contribution in [1.82, 2.24) is 0 Å². The average Bonchev–Trinajstić information content (AvgIpc) is 2.28. The van der Waals surface area contributed by atoms with Gasteiger partial charge in [0.25, 0.3) is 0 Å². The first kappa shape index (κ1) is 12.3. The second-order valence-corrected chi connectivity index (χ2v) is 4.69. The lowest BCUT2D eigenvalue weighted by Crippen LogP contribution is -2.06. The van der Waals surface area contributed by atoms with E-state index in [-0.39, 0.29) is 5.78 Å². The molecule has 1 aromatic rings. The summed E-state index contributed by atoms with van der Waals surface area (Å²) in [6.07, 6.45) is 3.73. The standard InChI is InChI=1S/C13H18OS/c1-4-10(2)9-12(14)11-7-5-6-8-13(11)15-3/h5-8,10H,4,9H2,1-3H3. The zero-order chi connectivity index (χ0) is 11.3. The highest BCUT2D eigenvalue weighted by Crippen LogP contribution is 2.22. The molecule has 0 spiro atoms. The number of Topliss-reactive ketones (excluding diaryl/α,β-unsaturated/α-hetero) is 1. The minimum Gasteiger partial charge on any atom is -0.294 e. The van der Waals surface area contributed by atoms with Gasteiger partial charge in [-0.05, 0) is 18.2 Å². The third-order valence-electron chi connectivity index (χ3n) is 2.64. The van der Waals surface area contributed by atoms with Crippen LogP contribution in [0.3, 0.4) is 0 Å². The molecule has 0 saturated heterocycles. The van der Waals surface area contributed by atoms with Gasteiger partial charge in [0.05, 0.1) is 0 Å².